The quantitative estimate of drug-likeness (QED) is 0.347. The molecule has 0 amide bonds. The van der Waals surface area contributed by atoms with Gasteiger partial charge in [0.05, 0.1) is 15.8 Å². The standard InChI is InChI=1S/C16H20BrCl2NO5SSi/c1-27(2,3)25-15-13(21)14(10-5-6-11(18)12(19)9-10)24-16(15)20-26(22,23)8-4-7-17/h5-6,9,20-21H,4,7-8H2,1-3H3. The van der Waals surface area contributed by atoms with Gasteiger partial charge in [0.2, 0.25) is 29.8 Å². The second-order valence-corrected chi connectivity index (χ2v) is 14.6. The van der Waals surface area contributed by atoms with Crippen molar-refractivity contribution >= 4 is 63.4 Å². The number of hydrogen-bond acceptors (Lipinski definition) is 5. The second-order valence-electron chi connectivity index (χ2n) is 6.74. The van der Waals surface area contributed by atoms with E-state index in [4.69, 9.17) is 32.0 Å². The average molecular weight is 517 g/mol. The number of alkyl halides is 1. The summed E-state index contributed by atoms with van der Waals surface area (Å²) in [4.78, 5) is 0. The predicted octanol–water partition coefficient (Wildman–Crippen LogP) is 5.70. The molecule has 0 unspecified atom stereocenters. The Balaban J connectivity index is 2.52. The molecule has 1 aromatic carbocycles. The number of anilines is 1. The zero-order valence-electron chi connectivity index (χ0n) is 15.0. The van der Waals surface area contributed by atoms with E-state index in [1.165, 1.54) is 6.07 Å². The monoisotopic (exact) mass is 515 g/mol. The van der Waals surface area contributed by atoms with Crippen LogP contribution in [0.1, 0.15) is 6.42 Å². The van der Waals surface area contributed by atoms with E-state index < -0.39 is 18.3 Å². The van der Waals surface area contributed by atoms with E-state index in [9.17, 15) is 13.5 Å². The van der Waals surface area contributed by atoms with Gasteiger partial charge in [0, 0.05) is 10.9 Å². The van der Waals surface area contributed by atoms with E-state index in [-0.39, 0.29) is 33.9 Å². The van der Waals surface area contributed by atoms with Crippen LogP contribution in [-0.4, -0.2) is 32.9 Å². The number of benzene rings is 1. The first-order chi connectivity index (χ1) is 12.4. The Bertz CT molecular complexity index is 928. The first kappa shape index (κ1) is 22.4. The highest BCUT2D eigenvalue weighted by Crippen LogP contribution is 2.48. The van der Waals surface area contributed by atoms with Crippen molar-refractivity contribution in [3.05, 3.63) is 28.2 Å². The fourth-order valence-electron chi connectivity index (χ4n) is 2.15. The molecule has 0 aliphatic heterocycles. The SMILES string of the molecule is C[Si](C)(C)Oc1c(NS(=O)(=O)CCCBr)oc(-c2ccc(Cl)c(Cl)c2)c1O. The van der Waals surface area contributed by atoms with Crippen LogP contribution in [-0.2, 0) is 10.0 Å². The Kier molecular flexibility index (Phi) is 7.18. The highest BCUT2D eigenvalue weighted by molar-refractivity contribution is 9.09. The third-order valence-corrected chi connectivity index (χ3v) is 6.66. The smallest absolute Gasteiger partial charge is 0.252 e. The van der Waals surface area contributed by atoms with E-state index in [2.05, 4.69) is 20.7 Å². The molecule has 27 heavy (non-hydrogen) atoms. The maximum absolute atomic E-state index is 12.3. The number of nitrogens with one attached hydrogen (secondary N) is 1. The van der Waals surface area contributed by atoms with Crippen LogP contribution in [0.3, 0.4) is 0 Å². The molecule has 0 saturated heterocycles. The van der Waals surface area contributed by atoms with Gasteiger partial charge < -0.3 is 13.9 Å². The molecule has 0 aliphatic rings. The van der Waals surface area contributed by atoms with Crippen molar-refractivity contribution < 1.29 is 22.4 Å². The normalized spacial score (nSPS) is 12.2. The number of halogens is 3. The lowest BCUT2D eigenvalue weighted by Crippen LogP contribution is -2.29. The molecule has 150 valence electrons. The molecule has 0 saturated carbocycles. The van der Waals surface area contributed by atoms with Gasteiger partial charge in [0.1, 0.15) is 0 Å². The Labute approximate surface area is 178 Å². The maximum Gasteiger partial charge on any atom is 0.252 e. The Morgan fingerprint density at radius 2 is 1.93 bits per heavy atom. The molecule has 0 bridgehead atoms. The number of aromatic hydroxyl groups is 1. The molecule has 6 nitrogen and oxygen atoms in total. The molecule has 0 aliphatic carbocycles. The van der Waals surface area contributed by atoms with Crippen molar-refractivity contribution in [3.63, 3.8) is 0 Å². The molecule has 2 rings (SSSR count). The highest BCUT2D eigenvalue weighted by atomic mass is 79.9. The van der Waals surface area contributed by atoms with Gasteiger partial charge in [-0.25, -0.2) is 13.1 Å². The number of furan rings is 1. The third-order valence-electron chi connectivity index (χ3n) is 3.23. The lowest BCUT2D eigenvalue weighted by atomic mass is 10.1. The van der Waals surface area contributed by atoms with Gasteiger partial charge in [0.25, 0.3) is 5.88 Å². The fraction of sp³-hybridized carbons (Fsp3) is 0.375. The molecule has 0 spiro atoms. The molecule has 2 N–H and O–H groups in total. The van der Waals surface area contributed by atoms with Crippen LogP contribution in [0.15, 0.2) is 22.6 Å². The van der Waals surface area contributed by atoms with Gasteiger partial charge in [-0.05, 0) is 44.3 Å². The van der Waals surface area contributed by atoms with E-state index in [0.717, 1.165) is 0 Å². The summed E-state index contributed by atoms with van der Waals surface area (Å²) in [5.41, 5.74) is 0.438. The Morgan fingerprint density at radius 1 is 1.26 bits per heavy atom. The molecule has 1 heterocycles. The summed E-state index contributed by atoms with van der Waals surface area (Å²) in [5.74, 6) is -0.550. The first-order valence-electron chi connectivity index (χ1n) is 8.00. The van der Waals surface area contributed by atoms with Crippen LogP contribution in [0.5, 0.6) is 11.5 Å². The van der Waals surface area contributed by atoms with Crippen LogP contribution in [0.2, 0.25) is 29.7 Å². The molecule has 0 radical (unpaired) electrons. The van der Waals surface area contributed by atoms with E-state index in [1.807, 2.05) is 19.6 Å². The summed E-state index contributed by atoms with van der Waals surface area (Å²) in [5, 5.41) is 11.8. The topological polar surface area (TPSA) is 88.8 Å². The van der Waals surface area contributed by atoms with Crippen molar-refractivity contribution in [2.45, 2.75) is 26.1 Å². The molecule has 0 atom stereocenters. The minimum Gasteiger partial charge on any atom is -0.538 e. The summed E-state index contributed by atoms with van der Waals surface area (Å²) in [6, 6.07) is 4.68. The fourth-order valence-corrected chi connectivity index (χ4v) is 4.94. The first-order valence-corrected chi connectivity index (χ1v) is 14.9. The van der Waals surface area contributed by atoms with Crippen LogP contribution in [0, 0.1) is 0 Å². The zero-order chi connectivity index (χ0) is 20.4. The van der Waals surface area contributed by atoms with Crippen molar-refractivity contribution in [1.82, 2.24) is 0 Å². The van der Waals surface area contributed by atoms with Gasteiger partial charge in [-0.15, -0.1) is 0 Å². The molecular weight excluding hydrogens is 497 g/mol. The summed E-state index contributed by atoms with van der Waals surface area (Å²) >= 11 is 15.2. The van der Waals surface area contributed by atoms with Crippen molar-refractivity contribution in [3.8, 4) is 22.8 Å². The zero-order valence-corrected chi connectivity index (χ0v) is 19.9. The third kappa shape index (κ3) is 6.05. The van der Waals surface area contributed by atoms with Gasteiger partial charge in [-0.3, -0.25) is 0 Å². The Hall–Kier alpha value is -0.873. The molecule has 0 fully saturated rings. The minimum absolute atomic E-state index is 0.0299. The Morgan fingerprint density at radius 3 is 2.48 bits per heavy atom. The average Bonchev–Trinajstić information content (AvgIpc) is 2.83. The lowest BCUT2D eigenvalue weighted by Gasteiger charge is -2.19. The van der Waals surface area contributed by atoms with Gasteiger partial charge in [-0.1, -0.05) is 39.1 Å². The highest BCUT2D eigenvalue weighted by Gasteiger charge is 2.30. The number of hydrogen-bond donors (Lipinski definition) is 2. The van der Waals surface area contributed by atoms with Crippen LogP contribution < -0.4 is 9.15 Å². The summed E-state index contributed by atoms with van der Waals surface area (Å²) in [7, 11) is -5.85. The minimum atomic E-state index is -3.67. The molecule has 11 heteroatoms. The largest absolute Gasteiger partial charge is 0.538 e. The van der Waals surface area contributed by atoms with Crippen molar-refractivity contribution in [1.29, 1.82) is 0 Å². The van der Waals surface area contributed by atoms with Crippen molar-refractivity contribution in [2.75, 3.05) is 15.8 Å². The van der Waals surface area contributed by atoms with Crippen molar-refractivity contribution in [2.24, 2.45) is 0 Å². The summed E-state index contributed by atoms with van der Waals surface area (Å²) < 4.78 is 38.4. The summed E-state index contributed by atoms with van der Waals surface area (Å²) in [6.07, 6.45) is 0.423. The van der Waals surface area contributed by atoms with Crippen LogP contribution in [0.4, 0.5) is 5.88 Å². The molecule has 2 aromatic rings. The maximum atomic E-state index is 12.3. The van der Waals surface area contributed by atoms with Crippen LogP contribution in [0.25, 0.3) is 11.3 Å². The van der Waals surface area contributed by atoms with Gasteiger partial charge >= 0.3 is 0 Å². The van der Waals surface area contributed by atoms with E-state index in [0.29, 0.717) is 22.3 Å². The predicted molar refractivity (Wildman–Crippen MR) is 116 cm³/mol. The molecule has 1 aromatic heterocycles. The van der Waals surface area contributed by atoms with Crippen LogP contribution >= 0.6 is 39.1 Å². The number of rotatable bonds is 8. The van der Waals surface area contributed by atoms with E-state index in [1.54, 1.807) is 12.1 Å². The second kappa shape index (κ2) is 8.65. The summed E-state index contributed by atoms with van der Waals surface area (Å²) in [6.45, 7) is 5.71. The number of sulfonamides is 1. The van der Waals surface area contributed by atoms with Gasteiger partial charge in [-0.2, -0.15) is 0 Å². The van der Waals surface area contributed by atoms with Gasteiger partial charge in [0.15, 0.2) is 5.76 Å². The molecular formula is C16H20BrCl2NO5SSi. The lowest BCUT2D eigenvalue weighted by molar-refractivity contribution is 0.440. The van der Waals surface area contributed by atoms with E-state index >= 15 is 0 Å².